The molecule has 1 saturated carbocycles. The smallest absolute Gasteiger partial charge is 0.296 e. The summed E-state index contributed by atoms with van der Waals surface area (Å²) < 4.78 is 41.0. The highest BCUT2D eigenvalue weighted by atomic mass is 19.3. The van der Waals surface area contributed by atoms with Crippen molar-refractivity contribution < 1.29 is 23.0 Å². The molecule has 12 heteroatoms. The van der Waals surface area contributed by atoms with Crippen LogP contribution in [-0.2, 0) is 9.53 Å². The van der Waals surface area contributed by atoms with E-state index in [0.29, 0.717) is 49.7 Å². The van der Waals surface area contributed by atoms with E-state index in [1.165, 1.54) is 4.57 Å². The molecule has 2 aromatic heterocycles. The number of anilines is 1. The topological polar surface area (TPSA) is 120 Å². The van der Waals surface area contributed by atoms with Crippen LogP contribution in [0.1, 0.15) is 31.5 Å². The molecule has 0 spiro atoms. The summed E-state index contributed by atoms with van der Waals surface area (Å²) in [5, 5.41) is 2.89. The van der Waals surface area contributed by atoms with Gasteiger partial charge in [0.25, 0.3) is 6.43 Å². The maximum absolute atomic E-state index is 14.0. The van der Waals surface area contributed by atoms with Gasteiger partial charge in [0.2, 0.25) is 17.7 Å². The highest BCUT2D eigenvalue weighted by molar-refractivity contribution is 5.78. The van der Waals surface area contributed by atoms with Gasteiger partial charge in [0, 0.05) is 31.6 Å². The third kappa shape index (κ3) is 5.03. The number of carbonyl (C=O) groups is 1. The Bertz CT molecular complexity index is 1200. The number of rotatable bonds is 7. The van der Waals surface area contributed by atoms with Crippen LogP contribution in [0.2, 0.25) is 0 Å². The summed E-state index contributed by atoms with van der Waals surface area (Å²) in [4.78, 5) is 26.9. The molecule has 10 nitrogen and oxygen atoms in total. The normalized spacial score (nSPS) is 20.5. The van der Waals surface area contributed by atoms with Crippen molar-refractivity contribution in [2.75, 3.05) is 37.7 Å². The minimum Gasteiger partial charge on any atom is -0.474 e. The number of fused-ring (bicyclic) bond motifs is 1. The van der Waals surface area contributed by atoms with E-state index < -0.39 is 12.2 Å². The number of nitrogens with zero attached hydrogens (tertiary/aromatic N) is 5. The summed E-state index contributed by atoms with van der Waals surface area (Å²) in [6, 6.07) is 8.48. The van der Waals surface area contributed by atoms with Crippen LogP contribution >= 0.6 is 0 Å². The largest absolute Gasteiger partial charge is 0.474 e. The fraction of sp³-hybridized carbons (Fsp3) is 0.478. The molecule has 3 aromatic rings. The molecule has 1 aliphatic carbocycles. The first-order valence-electron chi connectivity index (χ1n) is 11.7. The van der Waals surface area contributed by atoms with E-state index in [9.17, 15) is 13.6 Å². The number of ether oxygens (including phenoxy) is 2. The molecule has 1 aliphatic heterocycles. The van der Waals surface area contributed by atoms with Gasteiger partial charge in [-0.2, -0.15) is 9.97 Å². The molecule has 0 bridgehead atoms. The molecule has 2 fully saturated rings. The number of para-hydroxylation sites is 2. The number of hydrogen-bond acceptors (Lipinski definition) is 8. The Labute approximate surface area is 200 Å². The van der Waals surface area contributed by atoms with Crippen molar-refractivity contribution in [2.45, 2.75) is 37.8 Å². The van der Waals surface area contributed by atoms with Gasteiger partial charge in [-0.1, -0.05) is 12.1 Å². The van der Waals surface area contributed by atoms with Crippen LogP contribution in [0.25, 0.3) is 16.9 Å². The minimum atomic E-state index is -2.80. The summed E-state index contributed by atoms with van der Waals surface area (Å²) in [6.07, 6.45) is -0.902. The SMILES string of the molecule is NCC(=O)N[C@@H]1CC[C@H](Oc2cc(-n3c(C(F)F)nc4ccccc43)nc(N3CCOCC3)n2)C1. The fourth-order valence-electron chi connectivity index (χ4n) is 4.55. The van der Waals surface area contributed by atoms with Crippen molar-refractivity contribution in [3.8, 4) is 11.7 Å². The number of benzene rings is 1. The second-order valence-corrected chi connectivity index (χ2v) is 8.58. The third-order valence-corrected chi connectivity index (χ3v) is 6.20. The van der Waals surface area contributed by atoms with Crippen LogP contribution < -0.4 is 20.7 Å². The predicted octanol–water partition coefficient (Wildman–Crippen LogP) is 1.96. The summed E-state index contributed by atoms with van der Waals surface area (Å²) in [7, 11) is 0. The van der Waals surface area contributed by atoms with Crippen LogP contribution in [0, 0.1) is 0 Å². The number of amides is 1. The Morgan fingerprint density at radius 3 is 2.77 bits per heavy atom. The molecule has 1 amide bonds. The number of alkyl halides is 2. The first-order valence-corrected chi connectivity index (χ1v) is 11.7. The molecule has 5 rings (SSSR count). The Kier molecular flexibility index (Phi) is 6.73. The second kappa shape index (κ2) is 10.1. The zero-order valence-electron chi connectivity index (χ0n) is 19.1. The number of aromatic nitrogens is 4. The zero-order valence-corrected chi connectivity index (χ0v) is 19.1. The molecular weight excluding hydrogens is 460 g/mol. The van der Waals surface area contributed by atoms with Crippen LogP contribution in [0.15, 0.2) is 30.3 Å². The Balaban J connectivity index is 1.50. The van der Waals surface area contributed by atoms with Crippen molar-refractivity contribution >= 4 is 22.9 Å². The van der Waals surface area contributed by atoms with Gasteiger partial charge in [-0.15, -0.1) is 0 Å². The molecule has 186 valence electrons. The van der Waals surface area contributed by atoms with Crippen LogP contribution in [0.3, 0.4) is 0 Å². The van der Waals surface area contributed by atoms with Gasteiger partial charge in [-0.25, -0.2) is 13.8 Å². The number of carbonyl (C=O) groups excluding carboxylic acids is 1. The highest BCUT2D eigenvalue weighted by Gasteiger charge is 2.29. The van der Waals surface area contributed by atoms with E-state index >= 15 is 0 Å². The van der Waals surface area contributed by atoms with Crippen molar-refractivity contribution in [3.63, 3.8) is 0 Å². The van der Waals surface area contributed by atoms with Gasteiger partial charge in [0.15, 0.2) is 5.82 Å². The number of imidazole rings is 1. The molecule has 3 heterocycles. The zero-order chi connectivity index (χ0) is 24.4. The highest BCUT2D eigenvalue weighted by Crippen LogP contribution is 2.31. The lowest BCUT2D eigenvalue weighted by atomic mass is 10.2. The van der Waals surface area contributed by atoms with E-state index in [-0.39, 0.29) is 36.3 Å². The van der Waals surface area contributed by atoms with Gasteiger partial charge in [-0.05, 0) is 25.0 Å². The third-order valence-electron chi connectivity index (χ3n) is 6.20. The molecule has 0 radical (unpaired) electrons. The van der Waals surface area contributed by atoms with Gasteiger partial charge >= 0.3 is 0 Å². The van der Waals surface area contributed by atoms with Crippen molar-refractivity contribution in [2.24, 2.45) is 5.73 Å². The van der Waals surface area contributed by atoms with Crippen molar-refractivity contribution in [1.82, 2.24) is 24.8 Å². The van der Waals surface area contributed by atoms with Gasteiger partial charge < -0.3 is 25.4 Å². The lowest BCUT2D eigenvalue weighted by Crippen LogP contribution is -2.38. The lowest BCUT2D eigenvalue weighted by molar-refractivity contribution is -0.120. The summed E-state index contributed by atoms with van der Waals surface area (Å²) in [5.41, 5.74) is 6.37. The van der Waals surface area contributed by atoms with Gasteiger partial charge in [0.1, 0.15) is 11.9 Å². The Morgan fingerprint density at radius 1 is 1.20 bits per heavy atom. The molecule has 3 N–H and O–H groups in total. The van der Waals surface area contributed by atoms with Crippen LogP contribution in [0.5, 0.6) is 5.88 Å². The Morgan fingerprint density at radius 2 is 2.00 bits per heavy atom. The van der Waals surface area contributed by atoms with Crippen molar-refractivity contribution in [1.29, 1.82) is 0 Å². The average Bonchev–Trinajstić information content (AvgIpc) is 3.48. The van der Waals surface area contributed by atoms with Crippen LogP contribution in [-0.4, -0.2) is 70.4 Å². The first kappa shape index (κ1) is 23.4. The summed E-state index contributed by atoms with van der Waals surface area (Å²) in [6.45, 7) is 2.12. The molecule has 35 heavy (non-hydrogen) atoms. The van der Waals surface area contributed by atoms with E-state index in [2.05, 4.69) is 20.3 Å². The predicted molar refractivity (Wildman–Crippen MR) is 124 cm³/mol. The average molecular weight is 488 g/mol. The lowest BCUT2D eigenvalue weighted by Gasteiger charge is -2.27. The minimum absolute atomic E-state index is 0.0286. The fourth-order valence-corrected chi connectivity index (χ4v) is 4.55. The molecule has 0 unspecified atom stereocenters. The monoisotopic (exact) mass is 487 g/mol. The molecule has 1 aromatic carbocycles. The van der Waals surface area contributed by atoms with Crippen molar-refractivity contribution in [3.05, 3.63) is 36.2 Å². The number of nitrogens with two attached hydrogens (primary N) is 1. The second-order valence-electron chi connectivity index (χ2n) is 8.58. The molecular formula is C23H27F2N7O3. The van der Waals surface area contributed by atoms with Gasteiger partial charge in [-0.3, -0.25) is 9.36 Å². The molecule has 1 saturated heterocycles. The maximum Gasteiger partial charge on any atom is 0.296 e. The quantitative estimate of drug-likeness (QED) is 0.519. The standard InChI is InChI=1S/C23H27F2N7O3/c24-21(25)22-28-16-3-1-2-4-17(16)32(22)18-12-20(30-23(29-18)31-7-9-34-10-8-31)35-15-6-5-14(11-15)27-19(33)13-26/h1-4,12,14-15,21H,5-11,13,26H2,(H,27,33)/t14-,15+/m1/s1. The molecule has 2 atom stereocenters. The first-order chi connectivity index (χ1) is 17.0. The maximum atomic E-state index is 14.0. The number of morpholine rings is 1. The van der Waals surface area contributed by atoms with Gasteiger partial charge in [0.05, 0.1) is 30.8 Å². The van der Waals surface area contributed by atoms with E-state index in [4.69, 9.17) is 15.2 Å². The van der Waals surface area contributed by atoms with E-state index in [1.807, 2.05) is 4.90 Å². The Hall–Kier alpha value is -3.38. The summed E-state index contributed by atoms with van der Waals surface area (Å²) >= 11 is 0. The summed E-state index contributed by atoms with van der Waals surface area (Å²) in [5.74, 6) is 0.317. The number of halogens is 2. The molecule has 2 aliphatic rings. The number of nitrogens with one attached hydrogen (secondary N) is 1. The van der Waals surface area contributed by atoms with E-state index in [0.717, 1.165) is 12.8 Å². The van der Waals surface area contributed by atoms with E-state index in [1.54, 1.807) is 30.3 Å². The van der Waals surface area contributed by atoms with Crippen LogP contribution in [0.4, 0.5) is 14.7 Å². The number of hydrogen-bond donors (Lipinski definition) is 2.